The van der Waals surface area contributed by atoms with Crippen molar-refractivity contribution in [1.29, 1.82) is 0 Å². The standard InChI is InChI=1S/C21H23N3O5/c1-27-17-10-13(11-18(28-2)20(17)29-3)4-7-19(25)24-9-8-23-15-12-14(21(22)26)5-6-16(15)24/h4-7,10-12,23H,8-9H2,1-3H3,(H2,22,26). The Kier molecular flexibility index (Phi) is 5.92. The summed E-state index contributed by atoms with van der Waals surface area (Å²) in [7, 11) is 4.60. The number of hydrogen-bond donors (Lipinski definition) is 2. The molecule has 0 radical (unpaired) electrons. The second kappa shape index (κ2) is 8.55. The predicted molar refractivity (Wildman–Crippen MR) is 111 cm³/mol. The fraction of sp³-hybridized carbons (Fsp3) is 0.238. The number of carbonyl (C=O) groups excluding carboxylic acids is 2. The Morgan fingerprint density at radius 1 is 1.07 bits per heavy atom. The Balaban J connectivity index is 1.86. The van der Waals surface area contributed by atoms with Gasteiger partial charge >= 0.3 is 0 Å². The molecule has 8 nitrogen and oxygen atoms in total. The summed E-state index contributed by atoms with van der Waals surface area (Å²) in [4.78, 5) is 25.8. The normalized spacial score (nSPS) is 12.9. The van der Waals surface area contributed by atoms with Crippen LogP contribution < -0.4 is 30.2 Å². The molecule has 0 atom stereocenters. The van der Waals surface area contributed by atoms with Crippen LogP contribution in [0.4, 0.5) is 11.4 Å². The third-order valence-electron chi connectivity index (χ3n) is 4.59. The maximum Gasteiger partial charge on any atom is 0.251 e. The fourth-order valence-electron chi connectivity index (χ4n) is 3.17. The average molecular weight is 397 g/mol. The van der Waals surface area contributed by atoms with E-state index in [1.807, 2.05) is 0 Å². The van der Waals surface area contributed by atoms with E-state index in [2.05, 4.69) is 5.32 Å². The second-order valence-electron chi connectivity index (χ2n) is 6.30. The summed E-state index contributed by atoms with van der Waals surface area (Å²) in [6, 6.07) is 8.50. The number of benzene rings is 2. The predicted octanol–water partition coefficient (Wildman–Crippen LogP) is 2.28. The van der Waals surface area contributed by atoms with Crippen LogP contribution in [-0.4, -0.2) is 46.2 Å². The van der Waals surface area contributed by atoms with Gasteiger partial charge in [-0.1, -0.05) is 0 Å². The molecule has 0 unspecified atom stereocenters. The first-order valence-electron chi connectivity index (χ1n) is 8.95. The van der Waals surface area contributed by atoms with Crippen LogP contribution in [0.2, 0.25) is 0 Å². The monoisotopic (exact) mass is 397 g/mol. The number of rotatable bonds is 6. The van der Waals surface area contributed by atoms with E-state index in [-0.39, 0.29) is 5.91 Å². The van der Waals surface area contributed by atoms with Crippen molar-refractivity contribution in [3.8, 4) is 17.2 Å². The molecule has 8 heteroatoms. The summed E-state index contributed by atoms with van der Waals surface area (Å²) in [5, 5.41) is 3.19. The van der Waals surface area contributed by atoms with Crippen molar-refractivity contribution in [2.45, 2.75) is 0 Å². The van der Waals surface area contributed by atoms with Gasteiger partial charge in [-0.05, 0) is 42.0 Å². The number of amides is 2. The highest BCUT2D eigenvalue weighted by Crippen LogP contribution is 2.38. The summed E-state index contributed by atoms with van der Waals surface area (Å²) < 4.78 is 16.0. The average Bonchev–Trinajstić information content (AvgIpc) is 2.75. The lowest BCUT2D eigenvalue weighted by atomic mass is 10.1. The van der Waals surface area contributed by atoms with E-state index in [1.165, 1.54) is 27.4 Å². The van der Waals surface area contributed by atoms with Crippen molar-refractivity contribution >= 4 is 29.3 Å². The highest BCUT2D eigenvalue weighted by Gasteiger charge is 2.22. The Morgan fingerprint density at radius 3 is 2.34 bits per heavy atom. The zero-order chi connectivity index (χ0) is 21.0. The summed E-state index contributed by atoms with van der Waals surface area (Å²) in [5.41, 5.74) is 7.84. The number of primary amides is 1. The first-order chi connectivity index (χ1) is 14.0. The first-order valence-corrected chi connectivity index (χ1v) is 8.95. The van der Waals surface area contributed by atoms with E-state index in [1.54, 1.807) is 41.3 Å². The van der Waals surface area contributed by atoms with E-state index in [4.69, 9.17) is 19.9 Å². The van der Waals surface area contributed by atoms with Gasteiger partial charge in [0.15, 0.2) is 11.5 Å². The van der Waals surface area contributed by atoms with Gasteiger partial charge in [0.05, 0.1) is 32.7 Å². The van der Waals surface area contributed by atoms with Gasteiger partial charge < -0.3 is 30.2 Å². The van der Waals surface area contributed by atoms with E-state index >= 15 is 0 Å². The lowest BCUT2D eigenvalue weighted by Gasteiger charge is -2.29. The Labute approximate surface area is 168 Å². The number of anilines is 2. The number of nitrogens with zero attached hydrogens (tertiary/aromatic N) is 1. The van der Waals surface area contributed by atoms with Gasteiger partial charge in [0.1, 0.15) is 0 Å². The lowest BCUT2D eigenvalue weighted by Crippen LogP contribution is -2.38. The van der Waals surface area contributed by atoms with Crippen molar-refractivity contribution in [3.05, 3.63) is 47.5 Å². The summed E-state index contributed by atoms with van der Waals surface area (Å²) in [6.07, 6.45) is 3.17. The van der Waals surface area contributed by atoms with E-state index in [0.717, 1.165) is 5.56 Å². The molecule has 29 heavy (non-hydrogen) atoms. The van der Waals surface area contributed by atoms with Crippen molar-refractivity contribution < 1.29 is 23.8 Å². The van der Waals surface area contributed by atoms with Crippen LogP contribution in [0.1, 0.15) is 15.9 Å². The molecule has 152 valence electrons. The summed E-state index contributed by atoms with van der Waals surface area (Å²) >= 11 is 0. The van der Waals surface area contributed by atoms with Crippen LogP contribution in [0.25, 0.3) is 6.08 Å². The smallest absolute Gasteiger partial charge is 0.251 e. The molecule has 2 amide bonds. The molecule has 0 aromatic heterocycles. The van der Waals surface area contributed by atoms with Crippen molar-refractivity contribution in [2.75, 3.05) is 44.6 Å². The Hall–Kier alpha value is -3.68. The van der Waals surface area contributed by atoms with Gasteiger partial charge in [-0.3, -0.25) is 9.59 Å². The van der Waals surface area contributed by atoms with Crippen molar-refractivity contribution in [3.63, 3.8) is 0 Å². The van der Waals surface area contributed by atoms with Gasteiger partial charge in [-0.2, -0.15) is 0 Å². The van der Waals surface area contributed by atoms with Gasteiger partial charge in [-0.15, -0.1) is 0 Å². The molecular weight excluding hydrogens is 374 g/mol. The fourth-order valence-corrected chi connectivity index (χ4v) is 3.17. The van der Waals surface area contributed by atoms with Crippen molar-refractivity contribution in [2.24, 2.45) is 5.73 Å². The number of carbonyl (C=O) groups is 2. The van der Waals surface area contributed by atoms with Gasteiger partial charge in [0.25, 0.3) is 5.91 Å². The molecule has 3 N–H and O–H groups in total. The van der Waals surface area contributed by atoms with E-state index in [0.29, 0.717) is 47.3 Å². The molecule has 3 rings (SSSR count). The zero-order valence-electron chi connectivity index (χ0n) is 16.5. The highest BCUT2D eigenvalue weighted by molar-refractivity contribution is 6.07. The number of nitrogens with two attached hydrogens (primary N) is 1. The van der Waals surface area contributed by atoms with Crippen LogP contribution in [0, 0.1) is 0 Å². The molecule has 1 heterocycles. The summed E-state index contributed by atoms with van der Waals surface area (Å²) in [6.45, 7) is 1.07. The minimum absolute atomic E-state index is 0.187. The van der Waals surface area contributed by atoms with E-state index in [9.17, 15) is 9.59 Å². The van der Waals surface area contributed by atoms with E-state index < -0.39 is 5.91 Å². The largest absolute Gasteiger partial charge is 0.493 e. The third-order valence-corrected chi connectivity index (χ3v) is 4.59. The molecular formula is C21H23N3O5. The van der Waals surface area contributed by atoms with Crippen LogP contribution in [0.5, 0.6) is 17.2 Å². The number of fused-ring (bicyclic) bond motifs is 1. The van der Waals surface area contributed by atoms with Gasteiger partial charge in [0, 0.05) is 24.7 Å². The molecule has 0 saturated carbocycles. The molecule has 0 spiro atoms. The topological polar surface area (TPSA) is 103 Å². The van der Waals surface area contributed by atoms with Crippen LogP contribution in [0.15, 0.2) is 36.4 Å². The maximum atomic E-state index is 12.8. The van der Waals surface area contributed by atoms with Gasteiger partial charge in [0.2, 0.25) is 11.7 Å². The minimum Gasteiger partial charge on any atom is -0.493 e. The number of nitrogens with one attached hydrogen (secondary N) is 1. The molecule has 0 aliphatic carbocycles. The molecule has 0 saturated heterocycles. The second-order valence-corrected chi connectivity index (χ2v) is 6.30. The quantitative estimate of drug-likeness (QED) is 0.725. The Bertz CT molecular complexity index is 946. The molecule has 2 aromatic carbocycles. The maximum absolute atomic E-state index is 12.8. The lowest BCUT2D eigenvalue weighted by molar-refractivity contribution is -0.114. The molecule has 0 fully saturated rings. The number of methoxy groups -OCH3 is 3. The van der Waals surface area contributed by atoms with Crippen LogP contribution in [0.3, 0.4) is 0 Å². The molecule has 1 aliphatic heterocycles. The molecule has 1 aliphatic rings. The van der Waals surface area contributed by atoms with Gasteiger partial charge in [-0.25, -0.2) is 0 Å². The van der Waals surface area contributed by atoms with Crippen LogP contribution in [-0.2, 0) is 4.79 Å². The third kappa shape index (κ3) is 4.11. The number of ether oxygens (including phenoxy) is 3. The SMILES string of the molecule is COc1cc(C=CC(=O)N2CCNc3cc(C(N)=O)ccc32)cc(OC)c1OC. The molecule has 2 aromatic rings. The molecule has 0 bridgehead atoms. The first kappa shape index (κ1) is 20.1. The Morgan fingerprint density at radius 2 is 1.76 bits per heavy atom. The summed E-state index contributed by atoms with van der Waals surface area (Å²) in [5.74, 6) is 0.796. The zero-order valence-corrected chi connectivity index (χ0v) is 16.5. The minimum atomic E-state index is -0.514. The van der Waals surface area contributed by atoms with Crippen molar-refractivity contribution in [1.82, 2.24) is 0 Å². The number of hydrogen-bond acceptors (Lipinski definition) is 6. The van der Waals surface area contributed by atoms with Crippen LogP contribution >= 0.6 is 0 Å². The highest BCUT2D eigenvalue weighted by atomic mass is 16.5.